The van der Waals surface area contributed by atoms with Gasteiger partial charge < -0.3 is 25.1 Å². The number of para-hydroxylation sites is 1. The minimum atomic E-state index is -0.121. The third-order valence-electron chi connectivity index (χ3n) is 5.62. The molecule has 1 amide bonds. The van der Waals surface area contributed by atoms with Crippen molar-refractivity contribution in [1.29, 1.82) is 0 Å². The summed E-state index contributed by atoms with van der Waals surface area (Å²) in [4.78, 5) is 25.5. The van der Waals surface area contributed by atoms with Crippen molar-refractivity contribution in [2.75, 3.05) is 26.1 Å². The molecule has 0 aliphatic rings. The molecule has 178 valence electrons. The van der Waals surface area contributed by atoms with E-state index in [2.05, 4.69) is 9.88 Å². The molecule has 1 aromatic heterocycles. The molecule has 0 unspecified atom stereocenters. The normalized spacial score (nSPS) is 10.7. The number of benzene rings is 3. The highest BCUT2D eigenvalue weighted by molar-refractivity contribution is 5.97. The first-order valence-electron chi connectivity index (χ1n) is 10.8. The van der Waals surface area contributed by atoms with Crippen LogP contribution in [-0.4, -0.2) is 31.2 Å². The van der Waals surface area contributed by atoms with Gasteiger partial charge in [-0.25, -0.2) is 0 Å². The summed E-state index contributed by atoms with van der Waals surface area (Å²) >= 11 is 0. The Hall–Kier alpha value is -3.55. The first-order chi connectivity index (χ1) is 16.0. The standard InChI is InChI=1S/C26H27N3O4.ClH/c1-32-19-12-17(13-20(15-19)33-2)16-29-23-7-4-3-6-21(23)26(31)22-14-18(9-10-24(22)29)28-25(30)8-5-11-27;/h3-4,6-7,9-10,12-15H,5,8,11,16,27H2,1-2H3,(H,28,30);1H. The van der Waals surface area contributed by atoms with Crippen molar-refractivity contribution in [2.24, 2.45) is 5.73 Å². The van der Waals surface area contributed by atoms with Gasteiger partial charge in [0.25, 0.3) is 0 Å². The SMILES string of the molecule is COc1cc(Cn2c3ccccc3c(=O)c3cc(NC(=O)CCCN)ccc32)cc(OC)c1.Cl. The van der Waals surface area contributed by atoms with Crippen molar-refractivity contribution in [1.82, 2.24) is 4.57 Å². The van der Waals surface area contributed by atoms with E-state index in [1.54, 1.807) is 20.3 Å². The number of ether oxygens (including phenoxy) is 2. The van der Waals surface area contributed by atoms with E-state index in [0.717, 1.165) is 16.6 Å². The molecule has 0 saturated heterocycles. The van der Waals surface area contributed by atoms with Crippen molar-refractivity contribution < 1.29 is 14.3 Å². The van der Waals surface area contributed by atoms with Crippen molar-refractivity contribution in [3.8, 4) is 11.5 Å². The smallest absolute Gasteiger partial charge is 0.224 e. The summed E-state index contributed by atoms with van der Waals surface area (Å²) in [6.07, 6.45) is 0.953. The minimum absolute atomic E-state index is 0. The molecule has 1 heterocycles. The van der Waals surface area contributed by atoms with Crippen LogP contribution in [0.2, 0.25) is 0 Å². The zero-order chi connectivity index (χ0) is 23.4. The number of aromatic nitrogens is 1. The predicted octanol–water partition coefficient (Wildman–Crippen LogP) is 4.32. The topological polar surface area (TPSA) is 95.6 Å². The lowest BCUT2D eigenvalue weighted by molar-refractivity contribution is -0.116. The number of carbonyl (C=O) groups excluding carboxylic acids is 1. The van der Waals surface area contributed by atoms with E-state index in [-0.39, 0.29) is 23.7 Å². The number of methoxy groups -OCH3 is 2. The average molecular weight is 482 g/mol. The minimum Gasteiger partial charge on any atom is -0.497 e. The highest BCUT2D eigenvalue weighted by Gasteiger charge is 2.13. The molecule has 8 heteroatoms. The number of rotatable bonds is 8. The van der Waals surface area contributed by atoms with Gasteiger partial charge in [-0.15, -0.1) is 12.4 Å². The van der Waals surface area contributed by atoms with Gasteiger partial charge in [0.1, 0.15) is 11.5 Å². The lowest BCUT2D eigenvalue weighted by atomic mass is 10.1. The predicted molar refractivity (Wildman–Crippen MR) is 139 cm³/mol. The van der Waals surface area contributed by atoms with Gasteiger partial charge in [0.05, 0.1) is 25.3 Å². The number of nitrogens with two attached hydrogens (primary N) is 1. The van der Waals surface area contributed by atoms with Crippen molar-refractivity contribution in [2.45, 2.75) is 19.4 Å². The summed E-state index contributed by atoms with van der Waals surface area (Å²) in [6, 6.07) is 18.7. The zero-order valence-electron chi connectivity index (χ0n) is 19.2. The fourth-order valence-electron chi connectivity index (χ4n) is 4.00. The molecule has 3 aromatic carbocycles. The fourth-order valence-corrected chi connectivity index (χ4v) is 4.00. The van der Waals surface area contributed by atoms with Gasteiger partial charge in [-0.05, 0) is 61.0 Å². The van der Waals surface area contributed by atoms with E-state index in [9.17, 15) is 9.59 Å². The van der Waals surface area contributed by atoms with E-state index < -0.39 is 0 Å². The van der Waals surface area contributed by atoms with Gasteiger partial charge in [-0.2, -0.15) is 0 Å². The van der Waals surface area contributed by atoms with Crippen LogP contribution >= 0.6 is 12.4 Å². The lowest BCUT2D eigenvalue weighted by Gasteiger charge is -2.17. The van der Waals surface area contributed by atoms with Crippen molar-refractivity contribution in [3.05, 3.63) is 76.5 Å². The van der Waals surface area contributed by atoms with Crippen LogP contribution in [0.3, 0.4) is 0 Å². The Bertz CT molecular complexity index is 1360. The molecule has 4 rings (SSSR count). The summed E-state index contributed by atoms with van der Waals surface area (Å²) in [5.41, 5.74) is 8.59. The Kier molecular flexibility index (Phi) is 8.15. The Balaban J connectivity index is 0.00000324. The van der Waals surface area contributed by atoms with Crippen LogP contribution in [0.25, 0.3) is 21.8 Å². The van der Waals surface area contributed by atoms with Crippen LogP contribution in [0.5, 0.6) is 11.5 Å². The van der Waals surface area contributed by atoms with E-state index in [0.29, 0.717) is 53.9 Å². The molecule has 0 aliphatic heterocycles. The Morgan fingerprint density at radius 1 is 0.941 bits per heavy atom. The van der Waals surface area contributed by atoms with Crippen LogP contribution in [0, 0.1) is 0 Å². The van der Waals surface area contributed by atoms with Crippen LogP contribution in [0.4, 0.5) is 5.69 Å². The zero-order valence-corrected chi connectivity index (χ0v) is 20.0. The average Bonchev–Trinajstić information content (AvgIpc) is 2.85. The quantitative estimate of drug-likeness (QED) is 0.365. The highest BCUT2D eigenvalue weighted by Crippen LogP contribution is 2.27. The maximum atomic E-state index is 13.3. The van der Waals surface area contributed by atoms with Crippen LogP contribution in [0.1, 0.15) is 18.4 Å². The van der Waals surface area contributed by atoms with E-state index in [4.69, 9.17) is 15.2 Å². The number of carbonyl (C=O) groups is 1. The second kappa shape index (κ2) is 11.0. The van der Waals surface area contributed by atoms with E-state index in [1.807, 2.05) is 54.6 Å². The molecule has 0 radical (unpaired) electrons. The van der Waals surface area contributed by atoms with Crippen LogP contribution < -0.4 is 26.0 Å². The third-order valence-corrected chi connectivity index (χ3v) is 5.62. The molecule has 34 heavy (non-hydrogen) atoms. The number of hydrogen-bond donors (Lipinski definition) is 2. The van der Waals surface area contributed by atoms with Gasteiger partial charge in [0.15, 0.2) is 5.43 Å². The third kappa shape index (κ3) is 5.16. The first kappa shape index (κ1) is 25.1. The van der Waals surface area contributed by atoms with Crippen LogP contribution in [-0.2, 0) is 11.3 Å². The Morgan fingerprint density at radius 3 is 2.29 bits per heavy atom. The number of pyridine rings is 1. The molecule has 0 aliphatic carbocycles. The van der Waals surface area contributed by atoms with E-state index in [1.165, 1.54) is 0 Å². The van der Waals surface area contributed by atoms with Gasteiger partial charge in [-0.1, -0.05) is 12.1 Å². The van der Waals surface area contributed by atoms with Gasteiger partial charge in [0, 0.05) is 35.5 Å². The molecule has 0 atom stereocenters. The van der Waals surface area contributed by atoms with Crippen molar-refractivity contribution >= 4 is 45.8 Å². The lowest BCUT2D eigenvalue weighted by Crippen LogP contribution is -2.15. The molecule has 3 N–H and O–H groups in total. The molecule has 0 fully saturated rings. The fraction of sp³-hybridized carbons (Fsp3) is 0.231. The number of halogens is 1. The summed E-state index contributed by atoms with van der Waals surface area (Å²) in [6.45, 7) is 0.962. The van der Waals surface area contributed by atoms with Crippen molar-refractivity contribution in [3.63, 3.8) is 0 Å². The molecular formula is C26H28ClN3O4. The monoisotopic (exact) mass is 481 g/mol. The van der Waals surface area contributed by atoms with Gasteiger partial charge in [0.2, 0.25) is 5.91 Å². The molecule has 7 nitrogen and oxygen atoms in total. The number of nitrogens with one attached hydrogen (secondary N) is 1. The summed E-state index contributed by atoms with van der Waals surface area (Å²) in [5.74, 6) is 1.27. The summed E-state index contributed by atoms with van der Waals surface area (Å²) < 4.78 is 12.9. The molecule has 0 saturated carbocycles. The number of hydrogen-bond acceptors (Lipinski definition) is 5. The molecular weight excluding hydrogens is 454 g/mol. The summed E-state index contributed by atoms with van der Waals surface area (Å²) in [7, 11) is 3.23. The Morgan fingerprint density at radius 2 is 1.62 bits per heavy atom. The maximum absolute atomic E-state index is 13.3. The van der Waals surface area contributed by atoms with Gasteiger partial charge >= 0.3 is 0 Å². The van der Waals surface area contributed by atoms with Crippen LogP contribution in [0.15, 0.2) is 65.5 Å². The van der Waals surface area contributed by atoms with E-state index >= 15 is 0 Å². The second-order valence-corrected chi connectivity index (χ2v) is 7.83. The molecule has 0 bridgehead atoms. The first-order valence-corrected chi connectivity index (χ1v) is 10.8. The Labute approximate surface area is 203 Å². The number of fused-ring (bicyclic) bond motifs is 2. The molecule has 4 aromatic rings. The molecule has 0 spiro atoms. The van der Waals surface area contributed by atoms with Gasteiger partial charge in [-0.3, -0.25) is 9.59 Å². The maximum Gasteiger partial charge on any atom is 0.224 e. The largest absolute Gasteiger partial charge is 0.497 e. The second-order valence-electron chi connectivity index (χ2n) is 7.83. The number of amides is 1. The number of anilines is 1. The summed E-state index contributed by atoms with van der Waals surface area (Å²) in [5, 5.41) is 4.03. The highest BCUT2D eigenvalue weighted by atomic mass is 35.5. The number of nitrogens with zero attached hydrogens (tertiary/aromatic N) is 1.